The van der Waals surface area contributed by atoms with Gasteiger partial charge >= 0.3 is 0 Å². The van der Waals surface area contributed by atoms with Crippen LogP contribution < -0.4 is 10.2 Å². The van der Waals surface area contributed by atoms with Gasteiger partial charge in [0, 0.05) is 31.0 Å². The summed E-state index contributed by atoms with van der Waals surface area (Å²) >= 11 is 0. The Labute approximate surface area is 118 Å². The summed E-state index contributed by atoms with van der Waals surface area (Å²) in [5, 5.41) is 12.0. The van der Waals surface area contributed by atoms with Crippen molar-refractivity contribution in [2.75, 3.05) is 31.2 Å². The van der Waals surface area contributed by atoms with Crippen molar-refractivity contribution in [3.8, 4) is 0 Å². The molecule has 1 saturated heterocycles. The van der Waals surface area contributed by atoms with Crippen LogP contribution in [0, 0.1) is 0 Å². The van der Waals surface area contributed by atoms with E-state index in [1.807, 2.05) is 13.0 Å². The van der Waals surface area contributed by atoms with Crippen LogP contribution in [0.3, 0.4) is 0 Å². The fraction of sp³-hybridized carbons (Fsp3) is 0.571. The molecule has 2 atom stereocenters. The number of hydrogen-bond donors (Lipinski definition) is 2. The Kier molecular flexibility index (Phi) is 4.92. The number of ether oxygens (including phenoxy) is 1. The van der Waals surface area contributed by atoms with Crippen LogP contribution in [-0.2, 0) is 4.74 Å². The van der Waals surface area contributed by atoms with Crippen molar-refractivity contribution in [2.45, 2.75) is 26.0 Å². The van der Waals surface area contributed by atoms with Crippen molar-refractivity contribution >= 4 is 11.6 Å². The molecule has 1 fully saturated rings. The minimum atomic E-state index is -0.188. The fourth-order valence-electron chi connectivity index (χ4n) is 2.26. The van der Waals surface area contributed by atoms with Gasteiger partial charge in [0.2, 0.25) is 0 Å². The topological polar surface area (TPSA) is 74.7 Å². The predicted molar refractivity (Wildman–Crippen MR) is 75.9 cm³/mol. The third-order valence-electron chi connectivity index (χ3n) is 3.35. The molecule has 1 aliphatic heterocycles. The molecule has 2 N–H and O–H groups in total. The van der Waals surface area contributed by atoms with E-state index in [0.29, 0.717) is 25.4 Å². The molecule has 1 aromatic heterocycles. The molecule has 1 amide bonds. The average Bonchev–Trinajstić information content (AvgIpc) is 2.48. The Morgan fingerprint density at radius 3 is 3.15 bits per heavy atom. The number of amides is 1. The minimum absolute atomic E-state index is 0.00250. The summed E-state index contributed by atoms with van der Waals surface area (Å²) in [4.78, 5) is 18.1. The molecule has 6 nitrogen and oxygen atoms in total. The molecule has 20 heavy (non-hydrogen) atoms. The third-order valence-corrected chi connectivity index (χ3v) is 3.35. The smallest absolute Gasteiger partial charge is 0.269 e. The normalized spacial score (nSPS) is 22.6. The van der Waals surface area contributed by atoms with Gasteiger partial charge in [-0.15, -0.1) is 0 Å². The van der Waals surface area contributed by atoms with Crippen LogP contribution in [0.4, 0.5) is 5.69 Å². The molecule has 1 aromatic rings. The van der Waals surface area contributed by atoms with Crippen molar-refractivity contribution < 1.29 is 14.6 Å². The van der Waals surface area contributed by atoms with E-state index < -0.39 is 0 Å². The van der Waals surface area contributed by atoms with Crippen molar-refractivity contribution in [3.05, 3.63) is 24.0 Å². The third kappa shape index (κ3) is 3.26. The highest BCUT2D eigenvalue weighted by Gasteiger charge is 2.26. The van der Waals surface area contributed by atoms with Gasteiger partial charge < -0.3 is 20.1 Å². The fourth-order valence-corrected chi connectivity index (χ4v) is 2.26. The number of morpholine rings is 1. The monoisotopic (exact) mass is 279 g/mol. The zero-order valence-electron chi connectivity index (χ0n) is 11.9. The Morgan fingerprint density at radius 2 is 2.45 bits per heavy atom. The standard InChI is InChI=1S/C14H21N3O3/c1-3-15-14(19)13-6-11(4-5-16-13)17-7-12(8-18)20-9-10(17)2/h4-6,10,12,18H,3,7-9H2,1-2H3,(H,15,19). The number of pyridine rings is 1. The summed E-state index contributed by atoms with van der Waals surface area (Å²) in [6.45, 7) is 5.67. The van der Waals surface area contributed by atoms with Crippen molar-refractivity contribution in [1.29, 1.82) is 0 Å². The SMILES string of the molecule is CCNC(=O)c1cc(N2CC(CO)OCC2C)ccn1. The highest BCUT2D eigenvalue weighted by atomic mass is 16.5. The van der Waals surface area contributed by atoms with E-state index in [1.54, 1.807) is 12.3 Å². The van der Waals surface area contributed by atoms with Crippen molar-refractivity contribution in [2.24, 2.45) is 0 Å². The van der Waals surface area contributed by atoms with E-state index in [1.165, 1.54) is 0 Å². The molecular weight excluding hydrogens is 258 g/mol. The summed E-state index contributed by atoms with van der Waals surface area (Å²) in [7, 11) is 0. The van der Waals surface area contributed by atoms with Crippen molar-refractivity contribution in [1.82, 2.24) is 10.3 Å². The van der Waals surface area contributed by atoms with Crippen LogP contribution in [0.1, 0.15) is 24.3 Å². The summed E-state index contributed by atoms with van der Waals surface area (Å²) in [5.41, 5.74) is 1.33. The van der Waals surface area contributed by atoms with Crippen LogP contribution in [0.25, 0.3) is 0 Å². The molecule has 2 heterocycles. The molecule has 0 saturated carbocycles. The Balaban J connectivity index is 2.18. The maximum absolute atomic E-state index is 11.8. The van der Waals surface area contributed by atoms with Gasteiger partial charge in [-0.25, -0.2) is 0 Å². The number of nitrogens with one attached hydrogen (secondary N) is 1. The molecule has 0 aromatic carbocycles. The van der Waals surface area contributed by atoms with E-state index in [2.05, 4.69) is 22.1 Å². The quantitative estimate of drug-likeness (QED) is 0.835. The number of carbonyl (C=O) groups excluding carboxylic acids is 1. The van der Waals surface area contributed by atoms with Crippen LogP contribution >= 0.6 is 0 Å². The first kappa shape index (κ1) is 14.7. The number of rotatable bonds is 4. The van der Waals surface area contributed by atoms with Crippen LogP contribution in [0.15, 0.2) is 18.3 Å². The lowest BCUT2D eigenvalue weighted by molar-refractivity contribution is -0.0103. The average molecular weight is 279 g/mol. The number of carbonyl (C=O) groups is 1. The van der Waals surface area contributed by atoms with Gasteiger partial charge in [0.1, 0.15) is 5.69 Å². The zero-order valence-corrected chi connectivity index (χ0v) is 11.9. The first-order chi connectivity index (χ1) is 9.65. The number of hydrogen-bond acceptors (Lipinski definition) is 5. The molecule has 0 aliphatic carbocycles. The van der Waals surface area contributed by atoms with E-state index >= 15 is 0 Å². The van der Waals surface area contributed by atoms with Crippen LogP contribution in [-0.4, -0.2) is 54.4 Å². The van der Waals surface area contributed by atoms with E-state index in [0.717, 1.165) is 5.69 Å². The van der Waals surface area contributed by atoms with Crippen molar-refractivity contribution in [3.63, 3.8) is 0 Å². The Morgan fingerprint density at radius 1 is 1.65 bits per heavy atom. The van der Waals surface area contributed by atoms with Gasteiger partial charge in [-0.05, 0) is 26.0 Å². The van der Waals surface area contributed by atoms with Gasteiger partial charge in [0.25, 0.3) is 5.91 Å². The molecule has 110 valence electrons. The summed E-state index contributed by atoms with van der Waals surface area (Å²) < 4.78 is 5.52. The number of aliphatic hydroxyl groups is 1. The molecular formula is C14H21N3O3. The van der Waals surface area contributed by atoms with E-state index in [-0.39, 0.29) is 24.7 Å². The zero-order chi connectivity index (χ0) is 14.5. The number of aromatic nitrogens is 1. The number of nitrogens with zero attached hydrogens (tertiary/aromatic N) is 2. The lowest BCUT2D eigenvalue weighted by atomic mass is 10.1. The highest BCUT2D eigenvalue weighted by molar-refractivity contribution is 5.93. The van der Waals surface area contributed by atoms with Gasteiger partial charge in [-0.2, -0.15) is 0 Å². The van der Waals surface area contributed by atoms with Gasteiger partial charge in [0.05, 0.1) is 19.3 Å². The predicted octanol–water partition coefficient (Wildman–Crippen LogP) is 0.417. The van der Waals surface area contributed by atoms with Gasteiger partial charge in [0.15, 0.2) is 0 Å². The van der Waals surface area contributed by atoms with Crippen LogP contribution in [0.5, 0.6) is 0 Å². The van der Waals surface area contributed by atoms with E-state index in [9.17, 15) is 9.90 Å². The molecule has 0 spiro atoms. The van der Waals surface area contributed by atoms with E-state index in [4.69, 9.17) is 4.74 Å². The first-order valence-electron chi connectivity index (χ1n) is 6.89. The lowest BCUT2D eigenvalue weighted by Crippen LogP contribution is -2.49. The molecule has 2 rings (SSSR count). The molecule has 0 radical (unpaired) electrons. The second-order valence-electron chi connectivity index (χ2n) is 4.90. The second-order valence-corrected chi connectivity index (χ2v) is 4.90. The number of anilines is 1. The maximum atomic E-state index is 11.8. The Bertz CT molecular complexity index is 467. The maximum Gasteiger partial charge on any atom is 0.269 e. The number of aliphatic hydroxyl groups excluding tert-OH is 1. The molecule has 6 heteroatoms. The molecule has 0 bridgehead atoms. The summed E-state index contributed by atoms with van der Waals surface area (Å²) in [6.07, 6.45) is 1.45. The van der Waals surface area contributed by atoms with Gasteiger partial charge in [-0.3, -0.25) is 9.78 Å². The Hall–Kier alpha value is -1.66. The summed E-state index contributed by atoms with van der Waals surface area (Å²) in [6, 6.07) is 3.85. The largest absolute Gasteiger partial charge is 0.394 e. The first-order valence-corrected chi connectivity index (χ1v) is 6.89. The second kappa shape index (κ2) is 6.67. The highest BCUT2D eigenvalue weighted by Crippen LogP contribution is 2.22. The molecule has 2 unspecified atom stereocenters. The van der Waals surface area contributed by atoms with Gasteiger partial charge in [-0.1, -0.05) is 0 Å². The summed E-state index contributed by atoms with van der Waals surface area (Å²) in [5.74, 6) is -0.172. The lowest BCUT2D eigenvalue weighted by Gasteiger charge is -2.39. The van der Waals surface area contributed by atoms with Crippen LogP contribution in [0.2, 0.25) is 0 Å². The minimum Gasteiger partial charge on any atom is -0.394 e. The molecule has 1 aliphatic rings.